The lowest BCUT2D eigenvalue weighted by atomic mass is 9.78. The molecule has 3 rings (SSSR count). The number of aryl methyl sites for hydroxylation is 1. The van der Waals surface area contributed by atoms with Gasteiger partial charge in [0.25, 0.3) is 0 Å². The highest BCUT2D eigenvalue weighted by Gasteiger charge is 2.32. The lowest BCUT2D eigenvalue weighted by Crippen LogP contribution is -2.15. The second kappa shape index (κ2) is 9.58. The van der Waals surface area contributed by atoms with Gasteiger partial charge in [0.1, 0.15) is 5.69 Å². The van der Waals surface area contributed by atoms with Gasteiger partial charge in [-0.25, -0.2) is 0 Å². The number of hydrogen-bond donors (Lipinski definition) is 0. The van der Waals surface area contributed by atoms with Crippen LogP contribution < -0.4 is 0 Å². The Bertz CT molecular complexity index is 711. The van der Waals surface area contributed by atoms with Crippen molar-refractivity contribution in [1.29, 1.82) is 0 Å². The summed E-state index contributed by atoms with van der Waals surface area (Å²) >= 11 is 0. The van der Waals surface area contributed by atoms with Crippen LogP contribution in [0.5, 0.6) is 0 Å². The third-order valence-electron chi connectivity index (χ3n) is 6.11. The van der Waals surface area contributed by atoms with Crippen molar-refractivity contribution in [3.05, 3.63) is 53.9 Å². The molecule has 0 bridgehead atoms. The summed E-state index contributed by atoms with van der Waals surface area (Å²) in [7, 11) is 0. The van der Waals surface area contributed by atoms with E-state index in [0.29, 0.717) is 5.56 Å². The fourth-order valence-electron chi connectivity index (χ4n) is 4.27. The molecule has 0 radical (unpaired) electrons. The minimum absolute atomic E-state index is 0.713. The first-order chi connectivity index (χ1) is 13.5. The van der Waals surface area contributed by atoms with Crippen LogP contribution in [-0.2, 0) is 12.6 Å². The molecular formula is C24H30F3N. The molecule has 1 fully saturated rings. The maximum absolute atomic E-state index is 12.6. The van der Waals surface area contributed by atoms with E-state index in [9.17, 15) is 13.2 Å². The number of rotatable bonds is 7. The van der Waals surface area contributed by atoms with E-state index < -0.39 is 11.9 Å². The Balaban J connectivity index is 1.49. The molecule has 4 heteroatoms. The fraction of sp³-hybridized carbons (Fsp3) is 0.542. The summed E-state index contributed by atoms with van der Waals surface area (Å²) in [5.41, 5.74) is 2.07. The molecule has 152 valence electrons. The van der Waals surface area contributed by atoms with Crippen molar-refractivity contribution >= 4 is 0 Å². The average Bonchev–Trinajstić information content (AvgIpc) is 2.71. The summed E-state index contributed by atoms with van der Waals surface area (Å²) in [6.07, 6.45) is 8.82. The highest BCUT2D eigenvalue weighted by molar-refractivity contribution is 5.62. The second-order valence-corrected chi connectivity index (χ2v) is 8.19. The maximum Gasteiger partial charge on any atom is 0.433 e. The Kier molecular flexibility index (Phi) is 7.14. The molecule has 0 saturated heterocycles. The molecule has 0 atom stereocenters. The second-order valence-electron chi connectivity index (χ2n) is 8.19. The van der Waals surface area contributed by atoms with Gasteiger partial charge in [-0.05, 0) is 41.9 Å². The molecule has 0 amide bonds. The van der Waals surface area contributed by atoms with Gasteiger partial charge in [-0.2, -0.15) is 13.2 Å². The van der Waals surface area contributed by atoms with Crippen molar-refractivity contribution in [2.45, 2.75) is 70.9 Å². The summed E-state index contributed by atoms with van der Waals surface area (Å²) in [4.78, 5) is 3.55. The summed E-state index contributed by atoms with van der Waals surface area (Å²) in [6.45, 7) is 2.27. The third-order valence-corrected chi connectivity index (χ3v) is 6.11. The Hall–Kier alpha value is -1.84. The molecule has 2 aromatic rings. The molecule has 0 spiro atoms. The van der Waals surface area contributed by atoms with Crippen LogP contribution in [0.25, 0.3) is 11.1 Å². The van der Waals surface area contributed by atoms with Crippen LogP contribution in [0.1, 0.15) is 69.5 Å². The minimum Gasteiger partial charge on any atom is -0.251 e. The zero-order chi connectivity index (χ0) is 20.0. The molecule has 0 N–H and O–H groups in total. The van der Waals surface area contributed by atoms with Crippen LogP contribution in [0.15, 0.2) is 42.6 Å². The fourth-order valence-corrected chi connectivity index (χ4v) is 4.27. The number of unbranched alkanes of at least 4 members (excludes halogenated alkanes) is 1. The largest absolute Gasteiger partial charge is 0.433 e. The van der Waals surface area contributed by atoms with Crippen LogP contribution in [0.3, 0.4) is 0 Å². The monoisotopic (exact) mass is 389 g/mol. The Labute approximate surface area is 166 Å². The summed E-state index contributed by atoms with van der Waals surface area (Å²) in [5, 5.41) is 0. The predicted molar refractivity (Wildman–Crippen MR) is 108 cm³/mol. The van der Waals surface area contributed by atoms with Crippen molar-refractivity contribution in [2.24, 2.45) is 11.8 Å². The number of benzene rings is 1. The Morgan fingerprint density at radius 2 is 1.46 bits per heavy atom. The molecule has 1 aromatic heterocycles. The first kappa shape index (κ1) is 20.9. The Morgan fingerprint density at radius 3 is 2.00 bits per heavy atom. The number of halogens is 3. The van der Waals surface area contributed by atoms with Crippen molar-refractivity contribution in [3.63, 3.8) is 0 Å². The normalized spacial score (nSPS) is 20.3. The molecule has 0 aliphatic heterocycles. The van der Waals surface area contributed by atoms with E-state index in [1.165, 1.54) is 69.2 Å². The van der Waals surface area contributed by atoms with Gasteiger partial charge in [0.15, 0.2) is 0 Å². The summed E-state index contributed by atoms with van der Waals surface area (Å²) in [5.74, 6) is 1.80. The van der Waals surface area contributed by atoms with Gasteiger partial charge in [0.2, 0.25) is 0 Å². The van der Waals surface area contributed by atoms with E-state index in [0.717, 1.165) is 29.9 Å². The van der Waals surface area contributed by atoms with Crippen molar-refractivity contribution in [1.82, 2.24) is 4.98 Å². The number of hydrogen-bond acceptors (Lipinski definition) is 1. The third kappa shape index (κ3) is 5.83. The number of aromatic nitrogens is 1. The minimum atomic E-state index is -4.39. The van der Waals surface area contributed by atoms with Crippen molar-refractivity contribution < 1.29 is 13.2 Å². The maximum atomic E-state index is 12.6. The van der Waals surface area contributed by atoms with Gasteiger partial charge >= 0.3 is 6.18 Å². The number of nitrogens with zero attached hydrogens (tertiary/aromatic N) is 1. The van der Waals surface area contributed by atoms with E-state index >= 15 is 0 Å². The molecule has 0 unspecified atom stereocenters. The quantitative estimate of drug-likeness (QED) is 0.473. The average molecular weight is 390 g/mol. The SMILES string of the molecule is CCCCC1CCC(CCc2ccc(-c3ccc(C(F)(F)F)nc3)cc2)CC1. The molecule has 1 aromatic carbocycles. The van der Waals surface area contributed by atoms with Crippen LogP contribution in [0.4, 0.5) is 13.2 Å². The molecule has 1 saturated carbocycles. The van der Waals surface area contributed by atoms with Gasteiger partial charge < -0.3 is 0 Å². The van der Waals surface area contributed by atoms with Crippen molar-refractivity contribution in [3.8, 4) is 11.1 Å². The van der Waals surface area contributed by atoms with Crippen LogP contribution in [0, 0.1) is 11.8 Å². The zero-order valence-corrected chi connectivity index (χ0v) is 16.6. The molecule has 1 aliphatic rings. The number of alkyl halides is 3. The number of pyridine rings is 1. The van der Waals surface area contributed by atoms with E-state index in [1.54, 1.807) is 0 Å². The smallest absolute Gasteiger partial charge is 0.251 e. The van der Waals surface area contributed by atoms with Crippen LogP contribution >= 0.6 is 0 Å². The van der Waals surface area contributed by atoms with E-state index in [2.05, 4.69) is 24.0 Å². The Morgan fingerprint density at radius 1 is 0.857 bits per heavy atom. The van der Waals surface area contributed by atoms with Crippen LogP contribution in [0.2, 0.25) is 0 Å². The van der Waals surface area contributed by atoms with Gasteiger partial charge in [-0.15, -0.1) is 0 Å². The van der Waals surface area contributed by atoms with E-state index in [1.807, 2.05) is 12.1 Å². The molecule has 28 heavy (non-hydrogen) atoms. The summed E-state index contributed by atoms with van der Waals surface area (Å²) in [6, 6.07) is 10.7. The topological polar surface area (TPSA) is 12.9 Å². The lowest BCUT2D eigenvalue weighted by Gasteiger charge is -2.28. The van der Waals surface area contributed by atoms with Gasteiger partial charge in [0.05, 0.1) is 0 Å². The zero-order valence-electron chi connectivity index (χ0n) is 16.6. The first-order valence-corrected chi connectivity index (χ1v) is 10.6. The highest BCUT2D eigenvalue weighted by atomic mass is 19.4. The van der Waals surface area contributed by atoms with Crippen LogP contribution in [-0.4, -0.2) is 4.98 Å². The van der Waals surface area contributed by atoms with Gasteiger partial charge in [-0.3, -0.25) is 4.98 Å². The molecule has 1 aliphatic carbocycles. The molecular weight excluding hydrogens is 359 g/mol. The highest BCUT2D eigenvalue weighted by Crippen LogP contribution is 2.34. The van der Waals surface area contributed by atoms with Crippen molar-refractivity contribution in [2.75, 3.05) is 0 Å². The standard InChI is InChI=1S/C24H30F3N/c1-2-3-4-18-5-7-19(8-6-18)9-10-20-11-13-21(14-12-20)22-15-16-23(28-17-22)24(25,26)27/h11-19H,2-10H2,1H3. The van der Waals surface area contributed by atoms with E-state index in [-0.39, 0.29) is 0 Å². The van der Waals surface area contributed by atoms with E-state index in [4.69, 9.17) is 0 Å². The lowest BCUT2D eigenvalue weighted by molar-refractivity contribution is -0.141. The van der Waals surface area contributed by atoms with Gasteiger partial charge in [0, 0.05) is 11.8 Å². The van der Waals surface area contributed by atoms with Gasteiger partial charge in [-0.1, -0.05) is 82.2 Å². The summed E-state index contributed by atoms with van der Waals surface area (Å²) < 4.78 is 37.9. The molecule has 1 nitrogen and oxygen atoms in total. The predicted octanol–water partition coefficient (Wildman–Crippen LogP) is 7.70. The molecule has 1 heterocycles. The first-order valence-electron chi connectivity index (χ1n) is 10.6.